The maximum absolute atomic E-state index is 13.8. The topological polar surface area (TPSA) is 57.7 Å². The molecular weight excluding hydrogens is 398 g/mol. The van der Waals surface area contributed by atoms with E-state index in [-0.39, 0.29) is 54.0 Å². The lowest BCUT2D eigenvalue weighted by atomic mass is 10.1. The van der Waals surface area contributed by atoms with Gasteiger partial charge in [-0.25, -0.2) is 17.2 Å². The van der Waals surface area contributed by atoms with Gasteiger partial charge >= 0.3 is 0 Å². The molecule has 0 aromatic heterocycles. The zero-order valence-corrected chi connectivity index (χ0v) is 15.8. The van der Waals surface area contributed by atoms with E-state index in [2.05, 4.69) is 0 Å². The third-order valence-corrected chi connectivity index (χ3v) is 6.66. The number of nitrogens with zero attached hydrogens (tertiary/aromatic N) is 2. The Bertz CT molecular complexity index is 941. The number of rotatable bonds is 4. The van der Waals surface area contributed by atoms with E-state index in [9.17, 15) is 22.0 Å². The van der Waals surface area contributed by atoms with Crippen LogP contribution >= 0.6 is 11.6 Å². The summed E-state index contributed by atoms with van der Waals surface area (Å²) in [6.07, 6.45) is -0.192. The van der Waals surface area contributed by atoms with E-state index in [0.717, 1.165) is 6.07 Å². The van der Waals surface area contributed by atoms with Gasteiger partial charge in [0.2, 0.25) is 15.9 Å². The number of piperazine rings is 1. The van der Waals surface area contributed by atoms with Crippen molar-refractivity contribution in [3.8, 4) is 0 Å². The third kappa shape index (κ3) is 4.28. The summed E-state index contributed by atoms with van der Waals surface area (Å²) in [6.45, 7) is 0.490. The summed E-state index contributed by atoms with van der Waals surface area (Å²) < 4.78 is 53.6. The van der Waals surface area contributed by atoms with Crippen molar-refractivity contribution in [2.45, 2.75) is 11.3 Å². The Morgan fingerprint density at radius 1 is 1.04 bits per heavy atom. The molecule has 0 N–H and O–H groups in total. The monoisotopic (exact) mass is 414 g/mol. The number of hydrogen-bond donors (Lipinski definition) is 0. The molecule has 0 atom stereocenters. The van der Waals surface area contributed by atoms with Gasteiger partial charge in [0.25, 0.3) is 0 Å². The lowest BCUT2D eigenvalue weighted by Gasteiger charge is -2.34. The molecule has 0 radical (unpaired) electrons. The third-order valence-electron chi connectivity index (χ3n) is 4.41. The van der Waals surface area contributed by atoms with Crippen molar-refractivity contribution in [2.75, 3.05) is 26.2 Å². The Morgan fingerprint density at radius 2 is 1.70 bits per heavy atom. The molecular formula is C18H17ClF2N2O3S. The number of halogens is 3. The molecule has 1 heterocycles. The minimum Gasteiger partial charge on any atom is -0.340 e. The van der Waals surface area contributed by atoms with Gasteiger partial charge in [0.15, 0.2) is 0 Å². The molecule has 1 fully saturated rings. The molecule has 0 aliphatic carbocycles. The van der Waals surface area contributed by atoms with E-state index >= 15 is 0 Å². The Hall–Kier alpha value is -2.03. The first-order valence-electron chi connectivity index (χ1n) is 8.25. The van der Waals surface area contributed by atoms with E-state index in [1.807, 2.05) is 0 Å². The zero-order chi connectivity index (χ0) is 19.6. The quantitative estimate of drug-likeness (QED) is 0.773. The summed E-state index contributed by atoms with van der Waals surface area (Å²) in [4.78, 5) is 13.8. The highest BCUT2D eigenvalue weighted by Crippen LogP contribution is 2.22. The molecule has 27 heavy (non-hydrogen) atoms. The maximum Gasteiger partial charge on any atom is 0.243 e. The van der Waals surface area contributed by atoms with Gasteiger partial charge in [-0.2, -0.15) is 4.31 Å². The summed E-state index contributed by atoms with van der Waals surface area (Å²) >= 11 is 5.95. The van der Waals surface area contributed by atoms with Crippen molar-refractivity contribution in [1.29, 1.82) is 0 Å². The summed E-state index contributed by atoms with van der Waals surface area (Å²) in [7, 11) is -3.83. The summed E-state index contributed by atoms with van der Waals surface area (Å²) in [6, 6.07) is 9.00. The second kappa shape index (κ2) is 7.92. The van der Waals surface area contributed by atoms with Gasteiger partial charge < -0.3 is 4.90 Å². The molecule has 2 aromatic rings. The van der Waals surface area contributed by atoms with E-state index in [4.69, 9.17) is 11.6 Å². The number of benzene rings is 2. The van der Waals surface area contributed by atoms with Gasteiger partial charge in [-0.05, 0) is 30.3 Å². The van der Waals surface area contributed by atoms with Crippen LogP contribution in [0.1, 0.15) is 5.56 Å². The predicted molar refractivity (Wildman–Crippen MR) is 96.9 cm³/mol. The average Bonchev–Trinajstić information content (AvgIpc) is 2.65. The van der Waals surface area contributed by atoms with Crippen LogP contribution in [0.25, 0.3) is 0 Å². The van der Waals surface area contributed by atoms with Gasteiger partial charge in [0, 0.05) is 36.8 Å². The van der Waals surface area contributed by atoms with Crippen LogP contribution in [0.3, 0.4) is 0 Å². The highest BCUT2D eigenvalue weighted by atomic mass is 35.5. The minimum absolute atomic E-state index is 0.0790. The molecule has 144 valence electrons. The molecule has 9 heteroatoms. The Balaban J connectivity index is 1.66. The standard InChI is InChI=1S/C18H17ClF2N2O3S/c19-16-5-2-6-17(21)15(16)12-18(24)22-7-9-23(10-8-22)27(25,26)14-4-1-3-13(20)11-14/h1-6,11H,7-10,12H2. The second-order valence-corrected chi connectivity index (χ2v) is 8.46. The molecule has 5 nitrogen and oxygen atoms in total. The van der Waals surface area contributed by atoms with Gasteiger partial charge in [-0.15, -0.1) is 0 Å². The van der Waals surface area contributed by atoms with Crippen LogP contribution in [-0.4, -0.2) is 49.7 Å². The molecule has 1 aliphatic heterocycles. The first kappa shape index (κ1) is 19.7. The fraction of sp³-hybridized carbons (Fsp3) is 0.278. The van der Waals surface area contributed by atoms with Gasteiger partial charge in [-0.1, -0.05) is 23.7 Å². The smallest absolute Gasteiger partial charge is 0.243 e. The number of carbonyl (C=O) groups excluding carboxylic acids is 1. The fourth-order valence-electron chi connectivity index (χ4n) is 2.92. The molecule has 1 aliphatic rings. The number of carbonyl (C=O) groups is 1. The molecule has 0 spiro atoms. The number of hydrogen-bond acceptors (Lipinski definition) is 3. The second-order valence-electron chi connectivity index (χ2n) is 6.12. The van der Waals surface area contributed by atoms with Crippen molar-refractivity contribution >= 4 is 27.5 Å². The summed E-state index contributed by atoms with van der Waals surface area (Å²) in [5, 5.41) is 0.177. The fourth-order valence-corrected chi connectivity index (χ4v) is 4.60. The van der Waals surface area contributed by atoms with Gasteiger partial charge in [0.1, 0.15) is 11.6 Å². The van der Waals surface area contributed by atoms with Crippen LogP contribution in [0, 0.1) is 11.6 Å². The molecule has 2 aromatic carbocycles. The maximum atomic E-state index is 13.8. The average molecular weight is 415 g/mol. The van der Waals surface area contributed by atoms with Crippen LogP contribution in [-0.2, 0) is 21.2 Å². The zero-order valence-electron chi connectivity index (χ0n) is 14.2. The summed E-state index contributed by atoms with van der Waals surface area (Å²) in [5.74, 6) is -1.51. The number of sulfonamides is 1. The van der Waals surface area contributed by atoms with E-state index in [1.54, 1.807) is 0 Å². The van der Waals surface area contributed by atoms with E-state index in [0.29, 0.717) is 0 Å². The first-order chi connectivity index (χ1) is 12.8. The minimum atomic E-state index is -3.83. The highest BCUT2D eigenvalue weighted by molar-refractivity contribution is 7.89. The molecule has 1 amide bonds. The molecule has 1 saturated heterocycles. The molecule has 0 bridgehead atoms. The molecule has 3 rings (SSSR count). The highest BCUT2D eigenvalue weighted by Gasteiger charge is 2.30. The van der Waals surface area contributed by atoms with Gasteiger partial charge in [-0.3, -0.25) is 4.79 Å². The summed E-state index contributed by atoms with van der Waals surface area (Å²) in [5.41, 5.74) is 0.124. The number of amides is 1. The van der Waals surface area contributed by atoms with Crippen LogP contribution in [0.5, 0.6) is 0 Å². The van der Waals surface area contributed by atoms with Crippen LogP contribution in [0.15, 0.2) is 47.4 Å². The first-order valence-corrected chi connectivity index (χ1v) is 10.1. The normalized spacial score (nSPS) is 15.7. The van der Waals surface area contributed by atoms with Crippen LogP contribution < -0.4 is 0 Å². The predicted octanol–water partition coefficient (Wildman–Crippen LogP) is 2.69. The van der Waals surface area contributed by atoms with Crippen molar-refractivity contribution in [3.05, 3.63) is 64.7 Å². The van der Waals surface area contributed by atoms with Crippen LogP contribution in [0.4, 0.5) is 8.78 Å². The van der Waals surface area contributed by atoms with E-state index in [1.165, 1.54) is 45.6 Å². The van der Waals surface area contributed by atoms with Gasteiger partial charge in [0.05, 0.1) is 11.3 Å². The van der Waals surface area contributed by atoms with Crippen molar-refractivity contribution in [2.24, 2.45) is 0 Å². The molecule has 0 unspecified atom stereocenters. The Kier molecular flexibility index (Phi) is 5.78. The van der Waals surface area contributed by atoms with Crippen molar-refractivity contribution < 1.29 is 22.0 Å². The van der Waals surface area contributed by atoms with Crippen molar-refractivity contribution in [1.82, 2.24) is 9.21 Å². The lowest BCUT2D eigenvalue weighted by molar-refractivity contribution is -0.131. The molecule has 0 saturated carbocycles. The van der Waals surface area contributed by atoms with Crippen LogP contribution in [0.2, 0.25) is 5.02 Å². The Morgan fingerprint density at radius 3 is 2.33 bits per heavy atom. The lowest BCUT2D eigenvalue weighted by Crippen LogP contribution is -2.50. The van der Waals surface area contributed by atoms with Crippen molar-refractivity contribution in [3.63, 3.8) is 0 Å². The Labute approximate surface area is 161 Å². The SMILES string of the molecule is O=C(Cc1c(F)cccc1Cl)N1CCN(S(=O)(=O)c2cccc(F)c2)CC1. The largest absolute Gasteiger partial charge is 0.340 e. The van der Waals surface area contributed by atoms with E-state index < -0.39 is 21.7 Å².